The van der Waals surface area contributed by atoms with Gasteiger partial charge in [-0.1, -0.05) is 0 Å². The monoisotopic (exact) mass is 296 g/mol. The molecule has 1 aromatic rings. The Morgan fingerprint density at radius 3 is 2.52 bits per heavy atom. The van der Waals surface area contributed by atoms with Crippen LogP contribution in [0.1, 0.15) is 6.42 Å². The molecule has 0 bridgehead atoms. The van der Waals surface area contributed by atoms with E-state index in [0.29, 0.717) is 5.95 Å². The van der Waals surface area contributed by atoms with E-state index in [2.05, 4.69) is 20.0 Å². The molecule has 0 aliphatic carbocycles. The molecule has 0 spiro atoms. The molecule has 0 fully saturated rings. The van der Waals surface area contributed by atoms with Crippen LogP contribution in [0.3, 0.4) is 0 Å². The summed E-state index contributed by atoms with van der Waals surface area (Å²) in [5.74, 6) is -2.27. The zero-order valence-corrected chi connectivity index (χ0v) is 11.6. The summed E-state index contributed by atoms with van der Waals surface area (Å²) in [6.07, 6.45) is 2.60. The fourth-order valence-corrected chi connectivity index (χ4v) is 1.46. The molecule has 9 heteroatoms. The van der Waals surface area contributed by atoms with E-state index in [1.54, 1.807) is 13.1 Å². The summed E-state index contributed by atoms with van der Waals surface area (Å²) in [6.45, 7) is -0.144. The smallest absolute Gasteiger partial charge is 0.326 e. The number of likely N-dealkylation sites (N-methyl/N-ethyl adjacent to an activating group) is 1. The molecular formula is C12H16N4O5. The van der Waals surface area contributed by atoms with Crippen LogP contribution in [0.5, 0.6) is 0 Å². The lowest BCUT2D eigenvalue weighted by atomic mass is 10.2. The van der Waals surface area contributed by atoms with Crippen molar-refractivity contribution in [1.29, 1.82) is 0 Å². The first-order chi connectivity index (χ1) is 9.93. The molecule has 0 aromatic carbocycles. The lowest BCUT2D eigenvalue weighted by Crippen LogP contribution is -2.46. The van der Waals surface area contributed by atoms with Gasteiger partial charge in [-0.3, -0.25) is 9.59 Å². The molecule has 1 aromatic heterocycles. The maximum absolute atomic E-state index is 11.8. The number of nitrogens with zero attached hydrogens (tertiary/aromatic N) is 3. The number of carbonyl (C=O) groups excluding carboxylic acids is 2. The molecule has 1 rings (SSSR count). The first-order valence-corrected chi connectivity index (χ1v) is 6.01. The van der Waals surface area contributed by atoms with Gasteiger partial charge in [0.1, 0.15) is 6.04 Å². The number of hydrogen-bond acceptors (Lipinski definition) is 7. The third-order valence-electron chi connectivity index (χ3n) is 2.51. The summed E-state index contributed by atoms with van der Waals surface area (Å²) in [4.78, 5) is 43.2. The van der Waals surface area contributed by atoms with E-state index in [-0.39, 0.29) is 6.54 Å². The highest BCUT2D eigenvalue weighted by Gasteiger charge is 2.24. The zero-order valence-electron chi connectivity index (χ0n) is 11.6. The van der Waals surface area contributed by atoms with E-state index >= 15 is 0 Å². The van der Waals surface area contributed by atoms with Crippen LogP contribution in [0.15, 0.2) is 18.5 Å². The van der Waals surface area contributed by atoms with Gasteiger partial charge in [-0.05, 0) is 6.07 Å². The van der Waals surface area contributed by atoms with Crippen molar-refractivity contribution in [3.8, 4) is 0 Å². The predicted molar refractivity (Wildman–Crippen MR) is 71.5 cm³/mol. The van der Waals surface area contributed by atoms with Gasteiger partial charge >= 0.3 is 11.9 Å². The molecule has 21 heavy (non-hydrogen) atoms. The Hall–Kier alpha value is -2.71. The molecule has 0 saturated carbocycles. The number of hydrogen-bond donors (Lipinski definition) is 2. The molecular weight excluding hydrogens is 280 g/mol. The number of rotatable bonds is 7. The SMILES string of the molecule is COC(=O)C[C@H](NC(=O)CN(C)c1ncccn1)C(=O)O. The molecule has 0 unspecified atom stereocenters. The van der Waals surface area contributed by atoms with Crippen molar-refractivity contribution < 1.29 is 24.2 Å². The number of anilines is 1. The largest absolute Gasteiger partial charge is 0.480 e. The Bertz CT molecular complexity index is 508. The van der Waals surface area contributed by atoms with Gasteiger partial charge in [0.05, 0.1) is 20.1 Å². The van der Waals surface area contributed by atoms with Crippen LogP contribution in [-0.2, 0) is 19.1 Å². The van der Waals surface area contributed by atoms with Crippen LogP contribution in [-0.4, -0.2) is 59.7 Å². The number of aliphatic carboxylic acids is 1. The molecule has 114 valence electrons. The maximum Gasteiger partial charge on any atom is 0.326 e. The number of carboxylic acid groups (broad SMARTS) is 1. The zero-order chi connectivity index (χ0) is 15.8. The lowest BCUT2D eigenvalue weighted by Gasteiger charge is -2.18. The molecule has 0 radical (unpaired) electrons. The van der Waals surface area contributed by atoms with Gasteiger partial charge < -0.3 is 20.1 Å². The Kier molecular flexibility index (Phi) is 6.05. The van der Waals surface area contributed by atoms with E-state index in [9.17, 15) is 14.4 Å². The van der Waals surface area contributed by atoms with E-state index < -0.39 is 30.3 Å². The second kappa shape index (κ2) is 7.78. The van der Waals surface area contributed by atoms with Crippen LogP contribution in [0.25, 0.3) is 0 Å². The summed E-state index contributed by atoms with van der Waals surface area (Å²) in [6, 6.07) is 0.295. The average molecular weight is 296 g/mol. The number of methoxy groups -OCH3 is 1. The Morgan fingerprint density at radius 1 is 1.38 bits per heavy atom. The molecule has 9 nitrogen and oxygen atoms in total. The number of carboxylic acids is 1. The fraction of sp³-hybridized carbons (Fsp3) is 0.417. The van der Waals surface area contributed by atoms with Gasteiger partial charge in [0, 0.05) is 19.4 Å². The summed E-state index contributed by atoms with van der Waals surface area (Å²) < 4.78 is 4.38. The minimum Gasteiger partial charge on any atom is -0.480 e. The maximum atomic E-state index is 11.8. The number of ether oxygens (including phenoxy) is 1. The average Bonchev–Trinajstić information content (AvgIpc) is 2.47. The van der Waals surface area contributed by atoms with Gasteiger partial charge in [0.15, 0.2) is 0 Å². The van der Waals surface area contributed by atoms with Crippen molar-refractivity contribution in [3.05, 3.63) is 18.5 Å². The van der Waals surface area contributed by atoms with Crippen LogP contribution in [0.2, 0.25) is 0 Å². The normalized spacial score (nSPS) is 11.3. The number of esters is 1. The van der Waals surface area contributed by atoms with Crippen molar-refractivity contribution in [3.63, 3.8) is 0 Å². The summed E-state index contributed by atoms with van der Waals surface area (Å²) >= 11 is 0. The van der Waals surface area contributed by atoms with Crippen LogP contribution < -0.4 is 10.2 Å². The topological polar surface area (TPSA) is 122 Å². The first-order valence-electron chi connectivity index (χ1n) is 6.01. The molecule has 0 aliphatic heterocycles. The lowest BCUT2D eigenvalue weighted by molar-refractivity contribution is -0.148. The fourth-order valence-electron chi connectivity index (χ4n) is 1.46. The summed E-state index contributed by atoms with van der Waals surface area (Å²) in [5.41, 5.74) is 0. The van der Waals surface area contributed by atoms with Crippen LogP contribution >= 0.6 is 0 Å². The standard InChI is InChI=1S/C12H16N4O5/c1-16(12-13-4-3-5-14-12)7-9(17)15-8(11(19)20)6-10(18)21-2/h3-5,8H,6-7H2,1-2H3,(H,15,17)(H,19,20)/t8-/m0/s1. The van der Waals surface area contributed by atoms with Crippen molar-refractivity contribution in [2.24, 2.45) is 0 Å². The van der Waals surface area contributed by atoms with E-state index in [4.69, 9.17) is 5.11 Å². The first kappa shape index (κ1) is 16.3. The van der Waals surface area contributed by atoms with Crippen LogP contribution in [0, 0.1) is 0 Å². The predicted octanol–water partition coefficient (Wildman–Crippen LogP) is -0.955. The van der Waals surface area contributed by atoms with Gasteiger partial charge in [-0.15, -0.1) is 0 Å². The second-order valence-electron chi connectivity index (χ2n) is 4.14. The molecule has 1 heterocycles. The molecule has 1 atom stereocenters. The Morgan fingerprint density at radius 2 is 2.00 bits per heavy atom. The van der Waals surface area contributed by atoms with Gasteiger partial charge in [0.2, 0.25) is 11.9 Å². The Balaban J connectivity index is 2.58. The molecule has 0 aliphatic rings. The second-order valence-corrected chi connectivity index (χ2v) is 4.14. The highest BCUT2D eigenvalue weighted by atomic mass is 16.5. The van der Waals surface area contributed by atoms with Crippen molar-refractivity contribution in [2.75, 3.05) is 25.6 Å². The van der Waals surface area contributed by atoms with Crippen molar-refractivity contribution in [1.82, 2.24) is 15.3 Å². The third kappa shape index (κ3) is 5.43. The molecule has 0 saturated heterocycles. The van der Waals surface area contributed by atoms with Gasteiger partial charge in [0.25, 0.3) is 0 Å². The van der Waals surface area contributed by atoms with Gasteiger partial charge in [-0.2, -0.15) is 0 Å². The molecule has 1 amide bonds. The highest BCUT2D eigenvalue weighted by Crippen LogP contribution is 2.01. The van der Waals surface area contributed by atoms with Crippen LogP contribution in [0.4, 0.5) is 5.95 Å². The van der Waals surface area contributed by atoms with Crippen molar-refractivity contribution in [2.45, 2.75) is 12.5 Å². The number of aromatic nitrogens is 2. The number of amides is 1. The quantitative estimate of drug-likeness (QED) is 0.617. The Labute approximate surface area is 120 Å². The summed E-state index contributed by atoms with van der Waals surface area (Å²) in [5, 5.41) is 11.2. The van der Waals surface area contributed by atoms with E-state index in [1.165, 1.54) is 17.3 Å². The number of nitrogens with one attached hydrogen (secondary N) is 1. The number of carbonyl (C=O) groups is 3. The highest BCUT2D eigenvalue weighted by molar-refractivity contribution is 5.88. The van der Waals surface area contributed by atoms with E-state index in [1.807, 2.05) is 0 Å². The van der Waals surface area contributed by atoms with E-state index in [0.717, 1.165) is 7.11 Å². The molecule has 2 N–H and O–H groups in total. The summed E-state index contributed by atoms with van der Waals surface area (Å²) in [7, 11) is 2.73. The van der Waals surface area contributed by atoms with Crippen molar-refractivity contribution >= 4 is 23.8 Å². The minimum absolute atomic E-state index is 0.144. The van der Waals surface area contributed by atoms with Gasteiger partial charge in [-0.25, -0.2) is 14.8 Å². The minimum atomic E-state index is -1.34. The third-order valence-corrected chi connectivity index (χ3v) is 2.51.